The molecule has 0 saturated heterocycles. The number of aryl methyl sites for hydroxylation is 1. The van der Waals surface area contributed by atoms with E-state index in [1.807, 2.05) is 39.0 Å². The van der Waals surface area contributed by atoms with Crippen LogP contribution in [0.15, 0.2) is 28.9 Å². The summed E-state index contributed by atoms with van der Waals surface area (Å²) in [6, 6.07) is 5.77. The first-order valence-corrected chi connectivity index (χ1v) is 8.66. The fourth-order valence-electron chi connectivity index (χ4n) is 2.41. The second kappa shape index (κ2) is 7.00. The fourth-order valence-corrected chi connectivity index (χ4v) is 3.21. The molecular weight excluding hydrogens is 326 g/mol. The maximum absolute atomic E-state index is 12.2. The standard InChI is InChI=1S/C17H19N3O3S/c1-4-20(5-2)17(21)14-9-23-16(19-14)10-22-12-6-7-15-13(8-12)18-11(3)24-15/h6-9H,4-5,10H2,1-3H3. The van der Waals surface area contributed by atoms with Gasteiger partial charge in [-0.25, -0.2) is 9.97 Å². The third-order valence-electron chi connectivity index (χ3n) is 3.65. The number of nitrogens with zero attached hydrogens (tertiary/aromatic N) is 3. The van der Waals surface area contributed by atoms with Gasteiger partial charge >= 0.3 is 0 Å². The van der Waals surface area contributed by atoms with Gasteiger partial charge in [-0.2, -0.15) is 0 Å². The molecule has 24 heavy (non-hydrogen) atoms. The lowest BCUT2D eigenvalue weighted by Gasteiger charge is -2.16. The molecule has 0 unspecified atom stereocenters. The van der Waals surface area contributed by atoms with E-state index in [9.17, 15) is 4.79 Å². The van der Waals surface area contributed by atoms with Crippen LogP contribution in [0.3, 0.4) is 0 Å². The van der Waals surface area contributed by atoms with E-state index in [1.54, 1.807) is 16.2 Å². The number of fused-ring (bicyclic) bond motifs is 1. The van der Waals surface area contributed by atoms with Crippen LogP contribution in [0.2, 0.25) is 0 Å². The monoisotopic (exact) mass is 345 g/mol. The largest absolute Gasteiger partial charge is 0.484 e. The average Bonchev–Trinajstić information content (AvgIpc) is 3.18. The normalized spacial score (nSPS) is 11.0. The first kappa shape index (κ1) is 16.4. The van der Waals surface area contributed by atoms with Gasteiger partial charge in [-0.1, -0.05) is 0 Å². The van der Waals surface area contributed by atoms with Crippen molar-refractivity contribution < 1.29 is 13.9 Å². The molecule has 0 N–H and O–H groups in total. The van der Waals surface area contributed by atoms with Gasteiger partial charge in [-0.3, -0.25) is 4.79 Å². The summed E-state index contributed by atoms with van der Waals surface area (Å²) in [4.78, 5) is 22.5. The highest BCUT2D eigenvalue weighted by Gasteiger charge is 2.17. The minimum absolute atomic E-state index is 0.130. The summed E-state index contributed by atoms with van der Waals surface area (Å²) in [6.07, 6.45) is 1.38. The van der Waals surface area contributed by atoms with E-state index in [1.165, 1.54) is 6.26 Å². The molecule has 3 aromatic rings. The van der Waals surface area contributed by atoms with Gasteiger partial charge in [-0.05, 0) is 32.9 Å². The van der Waals surface area contributed by atoms with Crippen LogP contribution in [0.25, 0.3) is 10.2 Å². The average molecular weight is 345 g/mol. The van der Waals surface area contributed by atoms with Crippen molar-refractivity contribution in [1.82, 2.24) is 14.9 Å². The number of benzene rings is 1. The van der Waals surface area contributed by atoms with E-state index in [0.29, 0.717) is 30.4 Å². The van der Waals surface area contributed by atoms with E-state index >= 15 is 0 Å². The first-order chi connectivity index (χ1) is 11.6. The molecule has 0 atom stereocenters. The summed E-state index contributed by atoms with van der Waals surface area (Å²) >= 11 is 1.65. The zero-order valence-electron chi connectivity index (χ0n) is 13.9. The van der Waals surface area contributed by atoms with Gasteiger partial charge in [0.15, 0.2) is 12.3 Å². The Kier molecular flexibility index (Phi) is 4.80. The predicted octanol–water partition coefficient (Wildman–Crippen LogP) is 3.65. The molecule has 0 bridgehead atoms. The number of thiazole rings is 1. The molecule has 6 nitrogen and oxygen atoms in total. The summed E-state index contributed by atoms with van der Waals surface area (Å²) in [7, 11) is 0. The highest BCUT2D eigenvalue weighted by atomic mass is 32.1. The Bertz CT molecular complexity index is 852. The number of oxazole rings is 1. The zero-order valence-corrected chi connectivity index (χ0v) is 14.7. The number of aromatic nitrogens is 2. The molecular formula is C17H19N3O3S. The highest BCUT2D eigenvalue weighted by molar-refractivity contribution is 7.18. The lowest BCUT2D eigenvalue weighted by atomic mass is 10.3. The number of carbonyl (C=O) groups excluding carboxylic acids is 1. The molecule has 2 aromatic heterocycles. The Hall–Kier alpha value is -2.41. The van der Waals surface area contributed by atoms with Gasteiger partial charge in [-0.15, -0.1) is 11.3 Å². The molecule has 126 valence electrons. The van der Waals surface area contributed by atoms with Crippen LogP contribution >= 0.6 is 11.3 Å². The van der Waals surface area contributed by atoms with Crippen molar-refractivity contribution in [2.45, 2.75) is 27.4 Å². The van der Waals surface area contributed by atoms with E-state index in [2.05, 4.69) is 9.97 Å². The molecule has 0 aliphatic carbocycles. The van der Waals surface area contributed by atoms with Crippen molar-refractivity contribution in [3.63, 3.8) is 0 Å². The van der Waals surface area contributed by atoms with E-state index in [4.69, 9.17) is 9.15 Å². The van der Waals surface area contributed by atoms with Gasteiger partial charge in [0.25, 0.3) is 5.91 Å². The van der Waals surface area contributed by atoms with Gasteiger partial charge in [0, 0.05) is 19.2 Å². The third kappa shape index (κ3) is 3.41. The molecule has 7 heteroatoms. The van der Waals surface area contributed by atoms with Gasteiger partial charge in [0.2, 0.25) is 5.89 Å². The number of carbonyl (C=O) groups is 1. The van der Waals surface area contributed by atoms with Crippen LogP contribution in [0, 0.1) is 6.92 Å². The molecule has 0 aliphatic heterocycles. The van der Waals surface area contributed by atoms with E-state index < -0.39 is 0 Å². The highest BCUT2D eigenvalue weighted by Crippen LogP contribution is 2.26. The maximum atomic E-state index is 12.2. The van der Waals surface area contributed by atoms with E-state index in [-0.39, 0.29) is 12.5 Å². The van der Waals surface area contributed by atoms with Crippen molar-refractivity contribution in [3.8, 4) is 5.75 Å². The summed E-state index contributed by atoms with van der Waals surface area (Å²) in [5, 5.41) is 1.02. The summed E-state index contributed by atoms with van der Waals surface area (Å²) in [6.45, 7) is 7.29. The van der Waals surface area contributed by atoms with Crippen LogP contribution in [-0.4, -0.2) is 33.9 Å². The molecule has 2 heterocycles. The van der Waals surface area contributed by atoms with Gasteiger partial charge < -0.3 is 14.1 Å². The molecule has 1 aromatic carbocycles. The molecule has 0 aliphatic rings. The van der Waals surface area contributed by atoms with Crippen molar-refractivity contribution in [2.75, 3.05) is 13.1 Å². The van der Waals surface area contributed by atoms with Crippen LogP contribution in [0.5, 0.6) is 5.75 Å². The van der Waals surface area contributed by atoms with E-state index in [0.717, 1.165) is 15.2 Å². The molecule has 3 rings (SSSR count). The number of hydrogen-bond donors (Lipinski definition) is 0. The maximum Gasteiger partial charge on any atom is 0.275 e. The predicted molar refractivity (Wildman–Crippen MR) is 92.4 cm³/mol. The Balaban J connectivity index is 1.67. The van der Waals surface area contributed by atoms with Crippen LogP contribution in [0.4, 0.5) is 0 Å². The number of ether oxygens (including phenoxy) is 1. The number of amides is 1. The Labute approximate surface area is 144 Å². The molecule has 0 saturated carbocycles. The minimum atomic E-state index is -0.130. The fraction of sp³-hybridized carbons (Fsp3) is 0.353. The quantitative estimate of drug-likeness (QED) is 0.682. The van der Waals surface area contributed by atoms with Crippen molar-refractivity contribution >= 4 is 27.5 Å². The molecule has 1 amide bonds. The van der Waals surface area contributed by atoms with Crippen molar-refractivity contribution in [2.24, 2.45) is 0 Å². The molecule has 0 radical (unpaired) electrons. The lowest BCUT2D eigenvalue weighted by Crippen LogP contribution is -2.30. The summed E-state index contributed by atoms with van der Waals surface area (Å²) in [5.41, 5.74) is 1.22. The first-order valence-electron chi connectivity index (χ1n) is 7.84. The second-order valence-electron chi connectivity index (χ2n) is 5.26. The van der Waals surface area contributed by atoms with Gasteiger partial charge in [0.1, 0.15) is 12.0 Å². The Morgan fingerprint density at radius 3 is 2.83 bits per heavy atom. The Morgan fingerprint density at radius 1 is 1.29 bits per heavy atom. The summed E-state index contributed by atoms with van der Waals surface area (Å²) < 4.78 is 12.2. The van der Waals surface area contributed by atoms with Crippen LogP contribution < -0.4 is 4.74 Å². The topological polar surface area (TPSA) is 68.5 Å². The van der Waals surface area contributed by atoms with Crippen molar-refractivity contribution in [3.05, 3.63) is 41.1 Å². The Morgan fingerprint density at radius 2 is 2.08 bits per heavy atom. The van der Waals surface area contributed by atoms with Crippen LogP contribution in [0.1, 0.15) is 35.2 Å². The minimum Gasteiger partial charge on any atom is -0.484 e. The van der Waals surface area contributed by atoms with Crippen molar-refractivity contribution in [1.29, 1.82) is 0 Å². The second-order valence-corrected chi connectivity index (χ2v) is 6.49. The van der Waals surface area contributed by atoms with Crippen LogP contribution in [-0.2, 0) is 6.61 Å². The lowest BCUT2D eigenvalue weighted by molar-refractivity contribution is 0.0767. The van der Waals surface area contributed by atoms with Gasteiger partial charge in [0.05, 0.1) is 15.2 Å². The number of hydrogen-bond acceptors (Lipinski definition) is 6. The summed E-state index contributed by atoms with van der Waals surface area (Å²) in [5.74, 6) is 0.942. The third-order valence-corrected chi connectivity index (χ3v) is 4.60. The SMILES string of the molecule is CCN(CC)C(=O)c1coc(COc2ccc3sc(C)nc3c2)n1. The zero-order chi connectivity index (χ0) is 17.1. The molecule has 0 fully saturated rings. The molecule has 0 spiro atoms. The smallest absolute Gasteiger partial charge is 0.275 e. The number of rotatable bonds is 6.